The maximum atomic E-state index is 13.3. The summed E-state index contributed by atoms with van der Waals surface area (Å²) in [5, 5.41) is 9.23. The smallest absolute Gasteiger partial charge is 0.250 e. The van der Waals surface area contributed by atoms with E-state index in [0.29, 0.717) is 68.6 Å². The van der Waals surface area contributed by atoms with Gasteiger partial charge in [0.15, 0.2) is 0 Å². The van der Waals surface area contributed by atoms with E-state index < -0.39 is 0 Å². The molecular formula is C31H41N3O4. The molecule has 204 valence electrons. The maximum Gasteiger partial charge on any atom is 0.250 e. The zero-order chi connectivity index (χ0) is 27.5. The first-order chi connectivity index (χ1) is 18.3. The summed E-state index contributed by atoms with van der Waals surface area (Å²) in [6, 6.07) is 13.8. The van der Waals surface area contributed by atoms with E-state index in [2.05, 4.69) is 18.8 Å². The molecule has 1 aliphatic heterocycles. The highest BCUT2D eigenvalue weighted by atomic mass is 16.5. The van der Waals surface area contributed by atoms with Crippen molar-refractivity contribution < 1.29 is 19.4 Å². The number of carbonyl (C=O) groups excluding carboxylic acids is 2. The van der Waals surface area contributed by atoms with Gasteiger partial charge in [-0.2, -0.15) is 0 Å². The number of ether oxygens (including phenoxy) is 1. The zero-order valence-electron chi connectivity index (χ0n) is 22.9. The minimum Gasteiger partial charge on any atom is -0.396 e. The van der Waals surface area contributed by atoms with Crippen LogP contribution in [0.2, 0.25) is 0 Å². The Hall–Kier alpha value is -3.29. The molecule has 1 heterocycles. The Bertz CT molecular complexity index is 1170. The Morgan fingerprint density at radius 2 is 1.95 bits per heavy atom. The Morgan fingerprint density at radius 1 is 1.16 bits per heavy atom. The summed E-state index contributed by atoms with van der Waals surface area (Å²) in [7, 11) is 0. The van der Waals surface area contributed by atoms with Crippen molar-refractivity contribution >= 4 is 29.3 Å². The van der Waals surface area contributed by atoms with Crippen molar-refractivity contribution in [1.29, 1.82) is 0 Å². The normalized spacial score (nSPS) is 13.0. The van der Waals surface area contributed by atoms with Gasteiger partial charge in [0.2, 0.25) is 5.91 Å². The molecule has 2 aromatic carbocycles. The van der Waals surface area contributed by atoms with E-state index in [9.17, 15) is 14.7 Å². The van der Waals surface area contributed by atoms with Crippen molar-refractivity contribution in [2.75, 3.05) is 32.9 Å². The second-order valence-electron chi connectivity index (χ2n) is 10.2. The van der Waals surface area contributed by atoms with E-state index in [0.717, 1.165) is 28.7 Å². The lowest BCUT2D eigenvalue weighted by Crippen LogP contribution is -2.35. The lowest BCUT2D eigenvalue weighted by Gasteiger charge is -2.23. The van der Waals surface area contributed by atoms with Crippen molar-refractivity contribution in [2.45, 2.75) is 52.9 Å². The van der Waals surface area contributed by atoms with Gasteiger partial charge in [-0.1, -0.05) is 57.2 Å². The molecule has 0 fully saturated rings. The number of ketones is 1. The summed E-state index contributed by atoms with van der Waals surface area (Å²) in [6.45, 7) is 8.47. The Kier molecular flexibility index (Phi) is 11.2. The molecule has 0 aromatic heterocycles. The number of amides is 1. The highest BCUT2D eigenvalue weighted by Gasteiger charge is 2.21. The van der Waals surface area contributed by atoms with Crippen LogP contribution in [0.4, 0.5) is 5.69 Å². The Balaban J connectivity index is 1.83. The molecule has 0 unspecified atom stereocenters. The van der Waals surface area contributed by atoms with Gasteiger partial charge in [0, 0.05) is 56.7 Å². The SMILES string of the molecule is CCCN(CCCO)C(=O)C1=Cc2ccc(-c3ccccc3CC(=O)CCOCC(C)C)cc2N=C(N)C1. The number of aliphatic hydroxyl groups excluding tert-OH is 1. The average Bonchev–Trinajstić information content (AvgIpc) is 3.06. The van der Waals surface area contributed by atoms with Gasteiger partial charge in [-0.3, -0.25) is 9.59 Å². The van der Waals surface area contributed by atoms with Gasteiger partial charge < -0.3 is 20.5 Å². The number of amidine groups is 1. The third kappa shape index (κ3) is 8.36. The fourth-order valence-electron chi connectivity index (χ4n) is 4.51. The summed E-state index contributed by atoms with van der Waals surface area (Å²) in [6.07, 6.45) is 4.24. The summed E-state index contributed by atoms with van der Waals surface area (Å²) in [5.74, 6) is 0.893. The molecule has 1 amide bonds. The number of hydrogen-bond acceptors (Lipinski definition) is 6. The first-order valence-electron chi connectivity index (χ1n) is 13.6. The van der Waals surface area contributed by atoms with E-state index in [4.69, 9.17) is 10.5 Å². The molecular weight excluding hydrogens is 478 g/mol. The number of rotatable bonds is 14. The summed E-state index contributed by atoms with van der Waals surface area (Å²) in [5.41, 5.74) is 11.2. The predicted molar refractivity (Wildman–Crippen MR) is 153 cm³/mol. The molecule has 0 saturated heterocycles. The largest absolute Gasteiger partial charge is 0.396 e. The maximum absolute atomic E-state index is 13.3. The number of fused-ring (bicyclic) bond motifs is 1. The molecule has 1 aliphatic rings. The quantitative estimate of drug-likeness (QED) is 0.345. The van der Waals surface area contributed by atoms with Crippen LogP contribution in [0.1, 0.15) is 57.6 Å². The van der Waals surface area contributed by atoms with Crippen LogP contribution in [-0.2, 0) is 20.7 Å². The number of nitrogens with two attached hydrogens (primary N) is 1. The van der Waals surface area contributed by atoms with Gasteiger partial charge in [-0.05, 0) is 47.6 Å². The summed E-state index contributed by atoms with van der Waals surface area (Å²) >= 11 is 0. The fraction of sp³-hybridized carbons (Fsp3) is 0.452. The Labute approximate surface area is 226 Å². The number of hydrogen-bond donors (Lipinski definition) is 2. The van der Waals surface area contributed by atoms with E-state index >= 15 is 0 Å². The predicted octanol–water partition coefficient (Wildman–Crippen LogP) is 4.92. The number of Topliss-reactive ketones (excluding diaryl/α,β-unsaturated/α-hetero) is 1. The standard InChI is InChI=1S/C31H41N3O4/c1-4-13-34(14-7-15-35)31(37)26-17-25-11-10-24(19-29(25)33-30(32)20-26)28-9-6-5-8-23(28)18-27(36)12-16-38-21-22(2)3/h5-6,8-11,17,19,22,35H,4,7,12-16,18,20-21H2,1-3H3,(H2,32,33). The van der Waals surface area contributed by atoms with Crippen LogP contribution in [0.25, 0.3) is 17.2 Å². The Morgan fingerprint density at radius 3 is 2.68 bits per heavy atom. The van der Waals surface area contributed by atoms with Crippen LogP contribution in [-0.4, -0.2) is 60.4 Å². The highest BCUT2D eigenvalue weighted by molar-refractivity contribution is 6.05. The van der Waals surface area contributed by atoms with Gasteiger partial charge >= 0.3 is 0 Å². The minimum atomic E-state index is -0.0726. The molecule has 7 heteroatoms. The summed E-state index contributed by atoms with van der Waals surface area (Å²) in [4.78, 5) is 32.3. The third-order valence-corrected chi connectivity index (χ3v) is 6.33. The molecule has 0 atom stereocenters. The van der Waals surface area contributed by atoms with E-state index in [-0.39, 0.29) is 24.7 Å². The monoisotopic (exact) mass is 519 g/mol. The van der Waals surface area contributed by atoms with Crippen LogP contribution in [0.5, 0.6) is 0 Å². The molecule has 3 rings (SSSR count). The van der Waals surface area contributed by atoms with Gasteiger partial charge in [-0.25, -0.2) is 4.99 Å². The second kappa shape index (κ2) is 14.6. The van der Waals surface area contributed by atoms with Crippen LogP contribution in [0.15, 0.2) is 53.0 Å². The average molecular weight is 520 g/mol. The second-order valence-corrected chi connectivity index (χ2v) is 10.2. The number of aliphatic hydroxyl groups is 1. The van der Waals surface area contributed by atoms with E-state index in [1.165, 1.54) is 0 Å². The van der Waals surface area contributed by atoms with Crippen molar-refractivity contribution in [3.8, 4) is 11.1 Å². The lowest BCUT2D eigenvalue weighted by atomic mass is 9.94. The number of carbonyl (C=O) groups is 2. The summed E-state index contributed by atoms with van der Waals surface area (Å²) < 4.78 is 5.58. The molecule has 0 radical (unpaired) electrons. The topological polar surface area (TPSA) is 105 Å². The van der Waals surface area contributed by atoms with E-state index in [1.54, 1.807) is 4.90 Å². The number of nitrogens with zero attached hydrogens (tertiary/aromatic N) is 2. The molecule has 0 bridgehead atoms. The fourth-order valence-corrected chi connectivity index (χ4v) is 4.51. The van der Waals surface area contributed by atoms with Gasteiger partial charge in [-0.15, -0.1) is 0 Å². The molecule has 2 aromatic rings. The van der Waals surface area contributed by atoms with Gasteiger partial charge in [0.05, 0.1) is 12.3 Å². The zero-order valence-corrected chi connectivity index (χ0v) is 22.9. The lowest BCUT2D eigenvalue weighted by molar-refractivity contribution is -0.127. The molecule has 0 saturated carbocycles. The molecule has 3 N–H and O–H groups in total. The van der Waals surface area contributed by atoms with Gasteiger partial charge in [0.25, 0.3) is 0 Å². The van der Waals surface area contributed by atoms with Crippen LogP contribution >= 0.6 is 0 Å². The molecule has 0 aliphatic carbocycles. The van der Waals surface area contributed by atoms with Gasteiger partial charge in [0.1, 0.15) is 11.6 Å². The first kappa shape index (κ1) is 29.3. The molecule has 7 nitrogen and oxygen atoms in total. The minimum absolute atomic E-state index is 0.0424. The van der Waals surface area contributed by atoms with Crippen LogP contribution in [0.3, 0.4) is 0 Å². The third-order valence-electron chi connectivity index (χ3n) is 6.33. The highest BCUT2D eigenvalue weighted by Crippen LogP contribution is 2.33. The van der Waals surface area contributed by atoms with Crippen LogP contribution < -0.4 is 5.73 Å². The molecule has 38 heavy (non-hydrogen) atoms. The van der Waals surface area contributed by atoms with Crippen molar-refractivity contribution in [2.24, 2.45) is 16.6 Å². The van der Waals surface area contributed by atoms with Crippen molar-refractivity contribution in [3.05, 3.63) is 59.2 Å². The van der Waals surface area contributed by atoms with Crippen molar-refractivity contribution in [3.63, 3.8) is 0 Å². The van der Waals surface area contributed by atoms with E-state index in [1.807, 2.05) is 55.5 Å². The number of aliphatic imine (C=N–C) groups is 1. The van der Waals surface area contributed by atoms with Crippen molar-refractivity contribution in [1.82, 2.24) is 4.90 Å². The van der Waals surface area contributed by atoms with Crippen LogP contribution in [0, 0.1) is 5.92 Å². The number of benzene rings is 2. The molecule has 0 spiro atoms. The first-order valence-corrected chi connectivity index (χ1v) is 13.6.